The van der Waals surface area contributed by atoms with Crippen LogP contribution >= 0.6 is 11.6 Å². The second-order valence-corrected chi connectivity index (χ2v) is 5.79. The van der Waals surface area contributed by atoms with E-state index in [0.717, 1.165) is 0 Å². The lowest BCUT2D eigenvalue weighted by Gasteiger charge is -2.09. The third kappa shape index (κ3) is 2.94. The van der Waals surface area contributed by atoms with Gasteiger partial charge in [-0.05, 0) is 12.1 Å². The van der Waals surface area contributed by atoms with Crippen LogP contribution in [0.3, 0.4) is 0 Å². The molecule has 0 fully saturated rings. The normalized spacial score (nSPS) is 11.0. The predicted octanol–water partition coefficient (Wildman–Crippen LogP) is 1.72. The van der Waals surface area contributed by atoms with Crippen LogP contribution < -0.4 is 8.92 Å². The Kier molecular flexibility index (Phi) is 4.06. The van der Waals surface area contributed by atoms with Gasteiger partial charge in [0.2, 0.25) is 5.03 Å². The standard InChI is InChI=1S/C12H10ClN3O4S/c1-16-7-15-12(11(16)13)21(17,18)20-9-4-3-8(6-14)5-10(9)19-2/h3-5,7H,1-2H3. The van der Waals surface area contributed by atoms with E-state index in [1.807, 2.05) is 6.07 Å². The maximum Gasteiger partial charge on any atom is 0.360 e. The fourth-order valence-corrected chi connectivity index (χ4v) is 2.88. The first kappa shape index (κ1) is 15.2. The van der Waals surface area contributed by atoms with Gasteiger partial charge < -0.3 is 13.5 Å². The highest BCUT2D eigenvalue weighted by Gasteiger charge is 2.26. The average molecular weight is 328 g/mol. The smallest absolute Gasteiger partial charge is 0.360 e. The second-order valence-electron chi connectivity index (χ2n) is 3.97. The lowest BCUT2D eigenvalue weighted by atomic mass is 10.2. The molecule has 1 aromatic heterocycles. The molecular weight excluding hydrogens is 318 g/mol. The van der Waals surface area contributed by atoms with Crippen LogP contribution in [0, 0.1) is 11.3 Å². The van der Waals surface area contributed by atoms with Gasteiger partial charge in [-0.1, -0.05) is 11.6 Å². The summed E-state index contributed by atoms with van der Waals surface area (Å²) < 4.78 is 35.6. The van der Waals surface area contributed by atoms with Crippen molar-refractivity contribution < 1.29 is 17.3 Å². The quantitative estimate of drug-likeness (QED) is 0.794. The highest BCUT2D eigenvalue weighted by Crippen LogP contribution is 2.31. The number of aryl methyl sites for hydroxylation is 1. The van der Waals surface area contributed by atoms with E-state index >= 15 is 0 Å². The molecule has 2 aromatic rings. The number of nitrogens with zero attached hydrogens (tertiary/aromatic N) is 3. The molecule has 0 saturated heterocycles. The Bertz CT molecular complexity index is 824. The number of methoxy groups -OCH3 is 1. The van der Waals surface area contributed by atoms with Crippen molar-refractivity contribution in [2.75, 3.05) is 7.11 Å². The molecule has 0 radical (unpaired) electrons. The third-order valence-electron chi connectivity index (χ3n) is 2.56. The van der Waals surface area contributed by atoms with Crippen LogP contribution in [-0.4, -0.2) is 25.1 Å². The third-order valence-corrected chi connectivity index (χ3v) is 4.29. The highest BCUT2D eigenvalue weighted by molar-refractivity contribution is 7.87. The van der Waals surface area contributed by atoms with Crippen molar-refractivity contribution in [1.82, 2.24) is 9.55 Å². The van der Waals surface area contributed by atoms with Gasteiger partial charge in [-0.3, -0.25) is 0 Å². The molecule has 7 nitrogen and oxygen atoms in total. The van der Waals surface area contributed by atoms with Crippen molar-refractivity contribution in [3.05, 3.63) is 35.2 Å². The highest BCUT2D eigenvalue weighted by atomic mass is 35.5. The first-order valence-electron chi connectivity index (χ1n) is 5.58. The summed E-state index contributed by atoms with van der Waals surface area (Å²) in [5, 5.41) is 8.35. The van der Waals surface area contributed by atoms with Crippen molar-refractivity contribution in [3.8, 4) is 17.6 Å². The van der Waals surface area contributed by atoms with Crippen molar-refractivity contribution in [2.45, 2.75) is 5.03 Å². The van der Waals surface area contributed by atoms with Gasteiger partial charge in [0, 0.05) is 13.1 Å². The van der Waals surface area contributed by atoms with E-state index < -0.39 is 15.1 Å². The Morgan fingerprint density at radius 3 is 2.62 bits per heavy atom. The van der Waals surface area contributed by atoms with Gasteiger partial charge in [0.25, 0.3) is 0 Å². The first-order chi connectivity index (χ1) is 9.89. The molecule has 9 heteroatoms. The summed E-state index contributed by atoms with van der Waals surface area (Å²) in [5.74, 6) is 0.0582. The monoisotopic (exact) mass is 327 g/mol. The molecule has 1 aromatic carbocycles. The molecule has 0 saturated carbocycles. The molecule has 0 N–H and O–H groups in total. The molecule has 0 bridgehead atoms. The molecule has 0 amide bonds. The zero-order valence-electron chi connectivity index (χ0n) is 11.1. The SMILES string of the molecule is COc1cc(C#N)ccc1OS(=O)(=O)c1ncn(C)c1Cl. The molecular formula is C12H10ClN3O4S. The van der Waals surface area contributed by atoms with Crippen LogP contribution in [0.4, 0.5) is 0 Å². The van der Waals surface area contributed by atoms with Crippen LogP contribution in [0.25, 0.3) is 0 Å². The predicted molar refractivity (Wildman–Crippen MR) is 73.7 cm³/mol. The molecule has 0 aliphatic heterocycles. The summed E-state index contributed by atoms with van der Waals surface area (Å²) in [6.45, 7) is 0. The van der Waals surface area contributed by atoms with Gasteiger partial charge in [0.05, 0.1) is 25.1 Å². The maximum absolute atomic E-state index is 12.2. The Labute approximate surface area is 126 Å². The van der Waals surface area contributed by atoms with Gasteiger partial charge >= 0.3 is 10.1 Å². The Hall–Kier alpha value is -2.24. The van der Waals surface area contributed by atoms with Crippen LogP contribution in [-0.2, 0) is 17.2 Å². The zero-order valence-corrected chi connectivity index (χ0v) is 12.6. The molecule has 0 aliphatic carbocycles. The minimum absolute atomic E-state index is 0.0572. The van der Waals surface area contributed by atoms with E-state index in [2.05, 4.69) is 4.98 Å². The maximum atomic E-state index is 12.2. The van der Waals surface area contributed by atoms with Crippen LogP contribution in [0.15, 0.2) is 29.6 Å². The zero-order chi connectivity index (χ0) is 15.6. The van der Waals surface area contributed by atoms with Crippen molar-refractivity contribution >= 4 is 21.7 Å². The van der Waals surface area contributed by atoms with Gasteiger partial charge in [-0.15, -0.1) is 0 Å². The number of hydrogen-bond donors (Lipinski definition) is 0. The fourth-order valence-electron chi connectivity index (χ4n) is 1.53. The number of halogens is 1. The molecule has 2 rings (SSSR count). The van der Waals surface area contributed by atoms with Crippen molar-refractivity contribution in [2.24, 2.45) is 7.05 Å². The summed E-state index contributed by atoms with van der Waals surface area (Å²) in [6, 6.07) is 6.02. The second kappa shape index (κ2) is 5.63. The fraction of sp³-hybridized carbons (Fsp3) is 0.167. The van der Waals surface area contributed by atoms with E-state index in [-0.39, 0.29) is 16.7 Å². The molecule has 21 heavy (non-hydrogen) atoms. The molecule has 1 heterocycles. The van der Waals surface area contributed by atoms with Gasteiger partial charge in [0.1, 0.15) is 0 Å². The first-order valence-corrected chi connectivity index (χ1v) is 7.37. The minimum atomic E-state index is -4.20. The molecule has 0 aliphatic rings. The number of hydrogen-bond acceptors (Lipinski definition) is 6. The number of nitriles is 1. The Morgan fingerprint density at radius 1 is 1.38 bits per heavy atom. The van der Waals surface area contributed by atoms with E-state index in [1.165, 1.54) is 36.2 Å². The summed E-state index contributed by atoms with van der Waals surface area (Å²) in [4.78, 5) is 3.70. The summed E-state index contributed by atoms with van der Waals surface area (Å²) in [5.41, 5.74) is 0.312. The van der Waals surface area contributed by atoms with Gasteiger partial charge in [-0.2, -0.15) is 13.7 Å². The molecule has 0 atom stereocenters. The van der Waals surface area contributed by atoms with Gasteiger partial charge in [0.15, 0.2) is 16.7 Å². The molecule has 0 spiro atoms. The van der Waals surface area contributed by atoms with Crippen molar-refractivity contribution in [1.29, 1.82) is 5.26 Å². The van der Waals surface area contributed by atoms with E-state index in [1.54, 1.807) is 7.05 Å². The average Bonchev–Trinajstić information content (AvgIpc) is 2.79. The Balaban J connectivity index is 2.42. The van der Waals surface area contributed by atoms with E-state index in [9.17, 15) is 8.42 Å². The van der Waals surface area contributed by atoms with E-state index in [4.69, 9.17) is 25.8 Å². The van der Waals surface area contributed by atoms with Crippen molar-refractivity contribution in [3.63, 3.8) is 0 Å². The molecule has 0 unspecified atom stereocenters. The lowest BCUT2D eigenvalue weighted by Crippen LogP contribution is -2.11. The number of aromatic nitrogens is 2. The van der Waals surface area contributed by atoms with Crippen LogP contribution in [0.5, 0.6) is 11.5 Å². The number of rotatable bonds is 4. The van der Waals surface area contributed by atoms with Gasteiger partial charge in [-0.25, -0.2) is 4.98 Å². The summed E-state index contributed by atoms with van der Waals surface area (Å²) in [7, 11) is -1.31. The summed E-state index contributed by atoms with van der Waals surface area (Å²) >= 11 is 5.85. The largest absolute Gasteiger partial charge is 0.493 e. The minimum Gasteiger partial charge on any atom is -0.493 e. The number of benzene rings is 1. The number of ether oxygens (including phenoxy) is 1. The van der Waals surface area contributed by atoms with Crippen LogP contribution in [0.2, 0.25) is 5.15 Å². The molecule has 110 valence electrons. The van der Waals surface area contributed by atoms with E-state index in [0.29, 0.717) is 5.56 Å². The Morgan fingerprint density at radius 2 is 2.10 bits per heavy atom. The number of imidazole rings is 1. The van der Waals surface area contributed by atoms with Crippen LogP contribution in [0.1, 0.15) is 5.56 Å². The topological polar surface area (TPSA) is 94.2 Å². The lowest BCUT2D eigenvalue weighted by molar-refractivity contribution is 0.390. The summed E-state index contributed by atoms with van der Waals surface area (Å²) in [6.07, 6.45) is 1.26.